The number of amides is 3. The molecule has 0 unspecified atom stereocenters. The average molecular weight is 458 g/mol. The Hall–Kier alpha value is -2.91. The molecule has 2 aromatic rings. The lowest BCUT2D eigenvalue weighted by Gasteiger charge is -2.35. The molecule has 170 valence electrons. The smallest absolute Gasteiger partial charge is 0.332 e. The SMILES string of the molecule is CCOc1ccc(S(=O)(=O)N2CCC(N3CC(=O)N(c4ccccc4)C3=O)CC2)cc1C. The Morgan fingerprint density at radius 3 is 2.34 bits per heavy atom. The van der Waals surface area contributed by atoms with E-state index < -0.39 is 10.0 Å². The van der Waals surface area contributed by atoms with Gasteiger partial charge in [0.05, 0.1) is 17.2 Å². The van der Waals surface area contributed by atoms with E-state index in [4.69, 9.17) is 4.74 Å². The highest BCUT2D eigenvalue weighted by Gasteiger charge is 2.42. The van der Waals surface area contributed by atoms with E-state index in [1.807, 2.05) is 19.9 Å². The van der Waals surface area contributed by atoms with Crippen LogP contribution in [0.1, 0.15) is 25.3 Å². The number of carbonyl (C=O) groups is 2. The third-order valence-electron chi connectivity index (χ3n) is 5.95. The zero-order valence-electron chi connectivity index (χ0n) is 18.2. The summed E-state index contributed by atoms with van der Waals surface area (Å²) < 4.78 is 33.2. The van der Waals surface area contributed by atoms with Crippen LogP contribution in [0, 0.1) is 6.92 Å². The molecule has 2 aromatic carbocycles. The first-order valence-corrected chi connectivity index (χ1v) is 12.2. The summed E-state index contributed by atoms with van der Waals surface area (Å²) in [5, 5.41) is 0. The second kappa shape index (κ2) is 8.91. The first-order valence-electron chi connectivity index (χ1n) is 10.7. The van der Waals surface area contributed by atoms with Crippen LogP contribution in [0.4, 0.5) is 10.5 Å². The van der Waals surface area contributed by atoms with Crippen LogP contribution in [0.25, 0.3) is 0 Å². The van der Waals surface area contributed by atoms with E-state index in [1.54, 1.807) is 47.4 Å². The molecular weight excluding hydrogens is 430 g/mol. The van der Waals surface area contributed by atoms with Gasteiger partial charge in [-0.15, -0.1) is 0 Å². The van der Waals surface area contributed by atoms with E-state index in [0.717, 1.165) is 5.56 Å². The first kappa shape index (κ1) is 22.3. The van der Waals surface area contributed by atoms with Crippen LogP contribution in [0.5, 0.6) is 5.75 Å². The molecule has 2 aliphatic rings. The summed E-state index contributed by atoms with van der Waals surface area (Å²) in [5.41, 5.74) is 1.32. The quantitative estimate of drug-likeness (QED) is 0.623. The molecule has 0 aliphatic carbocycles. The Morgan fingerprint density at radius 1 is 1.03 bits per heavy atom. The molecule has 0 atom stereocenters. The predicted octanol–water partition coefficient (Wildman–Crippen LogP) is 3.02. The number of piperidine rings is 1. The van der Waals surface area contributed by atoms with Crippen molar-refractivity contribution in [1.29, 1.82) is 0 Å². The summed E-state index contributed by atoms with van der Waals surface area (Å²) in [6.07, 6.45) is 0.966. The highest BCUT2D eigenvalue weighted by Crippen LogP contribution is 2.29. The first-order chi connectivity index (χ1) is 15.3. The van der Waals surface area contributed by atoms with E-state index in [9.17, 15) is 18.0 Å². The average Bonchev–Trinajstić information content (AvgIpc) is 3.09. The molecule has 32 heavy (non-hydrogen) atoms. The molecule has 2 heterocycles. The van der Waals surface area contributed by atoms with Crippen molar-refractivity contribution < 1.29 is 22.7 Å². The molecule has 0 radical (unpaired) electrons. The van der Waals surface area contributed by atoms with Crippen LogP contribution >= 0.6 is 0 Å². The van der Waals surface area contributed by atoms with Crippen molar-refractivity contribution in [3.8, 4) is 5.75 Å². The molecule has 0 saturated carbocycles. The van der Waals surface area contributed by atoms with E-state index in [-0.39, 0.29) is 29.4 Å². The lowest BCUT2D eigenvalue weighted by atomic mass is 10.1. The molecule has 4 rings (SSSR count). The highest BCUT2D eigenvalue weighted by atomic mass is 32.2. The fourth-order valence-electron chi connectivity index (χ4n) is 4.28. The van der Waals surface area contributed by atoms with Gasteiger partial charge >= 0.3 is 6.03 Å². The number of hydrogen-bond acceptors (Lipinski definition) is 5. The van der Waals surface area contributed by atoms with Crippen molar-refractivity contribution in [2.75, 3.05) is 31.1 Å². The largest absolute Gasteiger partial charge is 0.494 e. The third kappa shape index (κ3) is 4.10. The summed E-state index contributed by atoms with van der Waals surface area (Å²) in [4.78, 5) is 28.4. The van der Waals surface area contributed by atoms with E-state index in [1.165, 1.54) is 9.21 Å². The van der Waals surface area contributed by atoms with Crippen molar-refractivity contribution in [3.05, 3.63) is 54.1 Å². The number of carbonyl (C=O) groups excluding carboxylic acids is 2. The highest BCUT2D eigenvalue weighted by molar-refractivity contribution is 7.89. The molecule has 3 amide bonds. The maximum Gasteiger partial charge on any atom is 0.332 e. The van der Waals surface area contributed by atoms with Crippen molar-refractivity contribution in [2.24, 2.45) is 0 Å². The van der Waals surface area contributed by atoms with Gasteiger partial charge in [-0.3, -0.25) is 4.79 Å². The topological polar surface area (TPSA) is 87.2 Å². The molecular formula is C23H27N3O5S. The van der Waals surface area contributed by atoms with Gasteiger partial charge in [0, 0.05) is 19.1 Å². The third-order valence-corrected chi connectivity index (χ3v) is 7.85. The molecule has 2 fully saturated rings. The molecule has 8 nitrogen and oxygen atoms in total. The van der Waals surface area contributed by atoms with Crippen molar-refractivity contribution in [2.45, 2.75) is 37.6 Å². The molecule has 2 aliphatic heterocycles. The monoisotopic (exact) mass is 457 g/mol. The van der Waals surface area contributed by atoms with Gasteiger partial charge in [0.1, 0.15) is 12.3 Å². The van der Waals surface area contributed by atoms with Gasteiger partial charge in [-0.25, -0.2) is 18.1 Å². The van der Waals surface area contributed by atoms with Gasteiger partial charge < -0.3 is 9.64 Å². The van der Waals surface area contributed by atoms with Gasteiger partial charge in [0.2, 0.25) is 10.0 Å². The summed E-state index contributed by atoms with van der Waals surface area (Å²) in [5.74, 6) is 0.409. The summed E-state index contributed by atoms with van der Waals surface area (Å²) in [7, 11) is -3.64. The summed E-state index contributed by atoms with van der Waals surface area (Å²) in [6, 6.07) is 13.2. The van der Waals surface area contributed by atoms with Crippen LogP contribution in [-0.2, 0) is 14.8 Å². The van der Waals surface area contributed by atoms with Gasteiger partial charge in [-0.1, -0.05) is 18.2 Å². The molecule has 0 bridgehead atoms. The molecule has 0 aromatic heterocycles. The number of para-hydroxylation sites is 1. The van der Waals surface area contributed by atoms with Gasteiger partial charge in [0.25, 0.3) is 5.91 Å². The fraction of sp³-hybridized carbons (Fsp3) is 0.391. The Bertz CT molecular complexity index is 1110. The van der Waals surface area contributed by atoms with Crippen molar-refractivity contribution >= 4 is 27.6 Å². The second-order valence-electron chi connectivity index (χ2n) is 7.97. The number of nitrogens with zero attached hydrogens (tertiary/aromatic N) is 3. The molecule has 0 N–H and O–H groups in total. The maximum absolute atomic E-state index is 13.1. The van der Waals surface area contributed by atoms with Crippen LogP contribution in [0.3, 0.4) is 0 Å². The molecule has 9 heteroatoms. The molecule has 0 spiro atoms. The Labute approximate surface area is 188 Å². The lowest BCUT2D eigenvalue weighted by molar-refractivity contribution is -0.116. The maximum atomic E-state index is 13.1. The number of sulfonamides is 1. The number of benzene rings is 2. The number of hydrogen-bond donors (Lipinski definition) is 0. The summed E-state index contributed by atoms with van der Waals surface area (Å²) in [6.45, 7) is 4.82. The van der Waals surface area contributed by atoms with E-state index in [0.29, 0.717) is 44.0 Å². The number of aryl methyl sites for hydroxylation is 1. The lowest BCUT2D eigenvalue weighted by Crippen LogP contribution is -2.48. The van der Waals surface area contributed by atoms with Gasteiger partial charge in [0.15, 0.2) is 0 Å². The summed E-state index contributed by atoms with van der Waals surface area (Å²) >= 11 is 0. The zero-order valence-corrected chi connectivity index (χ0v) is 19.0. The van der Waals surface area contributed by atoms with Gasteiger partial charge in [-0.05, 0) is 62.6 Å². The Balaban J connectivity index is 1.43. The fourth-order valence-corrected chi connectivity index (χ4v) is 5.83. The van der Waals surface area contributed by atoms with Gasteiger partial charge in [-0.2, -0.15) is 4.31 Å². The van der Waals surface area contributed by atoms with E-state index >= 15 is 0 Å². The van der Waals surface area contributed by atoms with Crippen LogP contribution in [-0.4, -0.2) is 61.8 Å². The van der Waals surface area contributed by atoms with Crippen LogP contribution < -0.4 is 9.64 Å². The molecule has 2 saturated heterocycles. The minimum Gasteiger partial charge on any atom is -0.494 e. The number of anilines is 1. The van der Waals surface area contributed by atoms with Crippen LogP contribution in [0.15, 0.2) is 53.4 Å². The normalized spacial score (nSPS) is 18.4. The van der Waals surface area contributed by atoms with Crippen molar-refractivity contribution in [3.63, 3.8) is 0 Å². The predicted molar refractivity (Wildman–Crippen MR) is 120 cm³/mol. The number of ether oxygens (including phenoxy) is 1. The minimum absolute atomic E-state index is 0.0171. The standard InChI is InChI=1S/C23H27N3O5S/c1-3-31-21-10-9-20(15-17(21)2)32(29,30)24-13-11-18(12-14-24)25-16-22(27)26(23(25)28)19-7-5-4-6-8-19/h4-10,15,18H,3,11-14,16H2,1-2H3. The van der Waals surface area contributed by atoms with Crippen molar-refractivity contribution in [1.82, 2.24) is 9.21 Å². The number of urea groups is 1. The number of rotatable bonds is 6. The minimum atomic E-state index is -3.64. The zero-order chi connectivity index (χ0) is 22.9. The van der Waals surface area contributed by atoms with Crippen LogP contribution in [0.2, 0.25) is 0 Å². The Kier molecular flexibility index (Phi) is 6.21. The Morgan fingerprint density at radius 2 is 1.72 bits per heavy atom. The second-order valence-corrected chi connectivity index (χ2v) is 9.91. The van der Waals surface area contributed by atoms with E-state index in [2.05, 4.69) is 0 Å². The number of imide groups is 1.